The molecule has 76 valence electrons. The second-order valence-electron chi connectivity index (χ2n) is 1.52. The van der Waals surface area contributed by atoms with Crippen molar-refractivity contribution in [1.29, 1.82) is 0 Å². The minimum atomic E-state index is 0.878. The number of hydrogen-bond acceptors (Lipinski definition) is 6. The van der Waals surface area contributed by atoms with Crippen LogP contribution in [-0.2, 0) is 0 Å². The second kappa shape index (κ2) is 18.8. The van der Waals surface area contributed by atoms with Gasteiger partial charge in [0.05, 0.1) is 0 Å². The lowest BCUT2D eigenvalue weighted by atomic mass is 10.9. The molecular weight excluding hydrogens is 264 g/mol. The van der Waals surface area contributed by atoms with Crippen LogP contribution in [0.4, 0.5) is 0 Å². The standard InChI is InChI=1S/C4H10S3.C2H6S3/c5-1-3-7-4-2-6;3-1-5-2-4/h5-6H,1-4H2;3-4H,1-2H2. The zero-order valence-corrected chi connectivity index (χ0v) is 12.1. The van der Waals surface area contributed by atoms with Crippen molar-refractivity contribution >= 4 is 74.0 Å². The van der Waals surface area contributed by atoms with Crippen molar-refractivity contribution in [2.45, 2.75) is 0 Å². The summed E-state index contributed by atoms with van der Waals surface area (Å²) in [6.45, 7) is 0. The quantitative estimate of drug-likeness (QED) is 0.335. The molecule has 12 heavy (non-hydrogen) atoms. The summed E-state index contributed by atoms with van der Waals surface area (Å²) in [5, 5.41) is 1.76. The molecule has 0 aliphatic heterocycles. The van der Waals surface area contributed by atoms with Crippen LogP contribution < -0.4 is 0 Å². The lowest BCUT2D eigenvalue weighted by Crippen LogP contribution is -1.83. The monoisotopic (exact) mass is 280 g/mol. The fraction of sp³-hybridized carbons (Fsp3) is 1.00. The lowest BCUT2D eigenvalue weighted by molar-refractivity contribution is 1.50. The van der Waals surface area contributed by atoms with Crippen LogP contribution in [0.2, 0.25) is 0 Å². The molecule has 0 rings (SSSR count). The first-order valence-corrected chi connectivity index (χ1v) is 8.26. The normalized spacial score (nSPS) is 9.00. The Balaban J connectivity index is 0. The molecule has 0 unspecified atom stereocenters. The number of rotatable bonds is 6. The zero-order chi connectivity index (χ0) is 9.66. The molecule has 0 aromatic heterocycles. The molecule has 0 heterocycles. The molecule has 0 N–H and O–H groups in total. The van der Waals surface area contributed by atoms with Gasteiger partial charge in [0.25, 0.3) is 0 Å². The van der Waals surface area contributed by atoms with Gasteiger partial charge in [-0.3, -0.25) is 0 Å². The van der Waals surface area contributed by atoms with Gasteiger partial charge in [-0.25, -0.2) is 0 Å². The van der Waals surface area contributed by atoms with Gasteiger partial charge < -0.3 is 0 Å². The van der Waals surface area contributed by atoms with Gasteiger partial charge in [0.2, 0.25) is 0 Å². The third kappa shape index (κ3) is 22.7. The van der Waals surface area contributed by atoms with E-state index in [9.17, 15) is 0 Å². The third-order valence-corrected chi connectivity index (χ3v) is 4.15. The molecule has 0 amide bonds. The van der Waals surface area contributed by atoms with Crippen LogP contribution in [0.15, 0.2) is 0 Å². The van der Waals surface area contributed by atoms with Gasteiger partial charge in [-0.2, -0.15) is 62.3 Å². The highest BCUT2D eigenvalue weighted by atomic mass is 32.2. The van der Waals surface area contributed by atoms with Gasteiger partial charge in [0, 0.05) is 21.7 Å². The van der Waals surface area contributed by atoms with Gasteiger partial charge >= 0.3 is 0 Å². The number of thioether (sulfide) groups is 2. The van der Waals surface area contributed by atoms with Crippen LogP contribution in [0.1, 0.15) is 0 Å². The Morgan fingerprint density at radius 2 is 1.08 bits per heavy atom. The molecule has 0 saturated carbocycles. The topological polar surface area (TPSA) is 0 Å². The zero-order valence-electron chi connectivity index (χ0n) is 6.85. The minimum Gasteiger partial charge on any atom is -0.179 e. The molecule has 0 aromatic rings. The van der Waals surface area contributed by atoms with E-state index in [1.807, 2.05) is 11.8 Å². The Morgan fingerprint density at radius 3 is 1.25 bits per heavy atom. The van der Waals surface area contributed by atoms with E-state index < -0.39 is 0 Å². The van der Waals surface area contributed by atoms with Crippen molar-refractivity contribution in [2.24, 2.45) is 0 Å². The molecule has 0 aliphatic carbocycles. The summed E-state index contributed by atoms with van der Waals surface area (Å²) >= 11 is 19.5. The smallest absolute Gasteiger partial charge is 0.0370 e. The summed E-state index contributed by atoms with van der Waals surface area (Å²) in [5.74, 6) is 4.28. The van der Waals surface area contributed by atoms with Gasteiger partial charge in [-0.05, 0) is 11.5 Å². The predicted octanol–water partition coefficient (Wildman–Crippen LogP) is 3.07. The van der Waals surface area contributed by atoms with Gasteiger partial charge in [0.1, 0.15) is 0 Å². The van der Waals surface area contributed by atoms with Crippen molar-refractivity contribution < 1.29 is 0 Å². The predicted molar refractivity (Wildman–Crippen MR) is 80.3 cm³/mol. The first-order chi connectivity index (χ1) is 5.83. The van der Waals surface area contributed by atoms with E-state index in [4.69, 9.17) is 0 Å². The van der Waals surface area contributed by atoms with Crippen molar-refractivity contribution in [3.8, 4) is 0 Å². The third-order valence-electron chi connectivity index (χ3n) is 0.654. The summed E-state index contributed by atoms with van der Waals surface area (Å²) < 4.78 is 0. The molecule has 0 saturated heterocycles. The number of thiol groups is 4. The molecule has 6 heteroatoms. The highest BCUT2D eigenvalue weighted by molar-refractivity contribution is 8.15. The van der Waals surface area contributed by atoms with E-state index in [-0.39, 0.29) is 0 Å². The molecule has 0 spiro atoms. The van der Waals surface area contributed by atoms with Gasteiger partial charge in [-0.15, -0.1) is 11.8 Å². The fourth-order valence-corrected chi connectivity index (χ4v) is 2.57. The molecule has 0 radical (unpaired) electrons. The molecular formula is C6H16S6. The minimum absolute atomic E-state index is 0.878. The van der Waals surface area contributed by atoms with E-state index in [1.54, 1.807) is 11.8 Å². The molecule has 0 aliphatic rings. The largest absolute Gasteiger partial charge is 0.179 e. The van der Waals surface area contributed by atoms with E-state index in [0.29, 0.717) is 0 Å². The van der Waals surface area contributed by atoms with Crippen LogP contribution in [0, 0.1) is 0 Å². The maximum absolute atomic E-state index is 4.05. The average molecular weight is 281 g/mol. The fourth-order valence-electron chi connectivity index (χ4n) is 0.272. The van der Waals surface area contributed by atoms with Crippen molar-refractivity contribution in [3.05, 3.63) is 0 Å². The van der Waals surface area contributed by atoms with E-state index in [2.05, 4.69) is 50.5 Å². The summed E-state index contributed by atoms with van der Waals surface area (Å²) in [7, 11) is 0. The first kappa shape index (κ1) is 16.5. The molecule has 0 nitrogen and oxygen atoms in total. The maximum atomic E-state index is 4.05. The Bertz CT molecular complexity index is 54.0. The van der Waals surface area contributed by atoms with E-state index in [0.717, 1.165) is 33.2 Å². The summed E-state index contributed by atoms with van der Waals surface area (Å²) in [4.78, 5) is 0. The van der Waals surface area contributed by atoms with Gasteiger partial charge in [-0.1, -0.05) is 0 Å². The van der Waals surface area contributed by atoms with Crippen molar-refractivity contribution in [1.82, 2.24) is 0 Å². The first-order valence-electron chi connectivity index (χ1n) is 3.42. The Morgan fingerprint density at radius 1 is 0.667 bits per heavy atom. The summed E-state index contributed by atoms with van der Waals surface area (Å²) in [6.07, 6.45) is 0. The highest BCUT2D eigenvalue weighted by Crippen LogP contribution is 2.01. The van der Waals surface area contributed by atoms with Crippen molar-refractivity contribution in [3.63, 3.8) is 0 Å². The van der Waals surface area contributed by atoms with Crippen LogP contribution >= 0.6 is 74.0 Å². The van der Waals surface area contributed by atoms with E-state index >= 15 is 0 Å². The van der Waals surface area contributed by atoms with Crippen LogP contribution in [0.3, 0.4) is 0 Å². The SMILES string of the molecule is SCCSCCS.SCSCS. The summed E-state index contributed by atoms with van der Waals surface area (Å²) in [6, 6.07) is 0. The van der Waals surface area contributed by atoms with Gasteiger partial charge in [0.15, 0.2) is 0 Å². The number of hydrogen-bond donors (Lipinski definition) is 4. The second-order valence-corrected chi connectivity index (χ2v) is 6.11. The molecule has 0 atom stereocenters. The Kier molecular flexibility index (Phi) is 25.9. The molecule has 0 bridgehead atoms. The average Bonchev–Trinajstić information content (AvgIpc) is 2.08. The Labute approximate surface area is 106 Å². The van der Waals surface area contributed by atoms with Crippen LogP contribution in [-0.4, -0.2) is 33.2 Å². The summed E-state index contributed by atoms with van der Waals surface area (Å²) in [5.41, 5.74) is 0. The molecule has 0 aromatic carbocycles. The van der Waals surface area contributed by atoms with E-state index in [1.165, 1.54) is 0 Å². The van der Waals surface area contributed by atoms with Crippen LogP contribution in [0.25, 0.3) is 0 Å². The molecule has 0 fully saturated rings. The highest BCUT2D eigenvalue weighted by Gasteiger charge is 1.80. The van der Waals surface area contributed by atoms with Crippen molar-refractivity contribution in [2.75, 3.05) is 33.2 Å². The van der Waals surface area contributed by atoms with Crippen LogP contribution in [0.5, 0.6) is 0 Å². The maximum Gasteiger partial charge on any atom is 0.0370 e. The Hall–Kier alpha value is 2.10. The lowest BCUT2D eigenvalue weighted by Gasteiger charge is -1.90.